The number of rotatable bonds is 3. The van der Waals surface area contributed by atoms with E-state index in [0.717, 1.165) is 11.4 Å². The van der Waals surface area contributed by atoms with Crippen LogP contribution in [0.25, 0.3) is 0 Å². The lowest BCUT2D eigenvalue weighted by atomic mass is 10.1. The van der Waals surface area contributed by atoms with Crippen molar-refractivity contribution in [3.8, 4) is 0 Å². The molecule has 1 aromatic carbocycles. The van der Waals surface area contributed by atoms with E-state index in [1.165, 1.54) is 25.7 Å². The van der Waals surface area contributed by atoms with E-state index in [-0.39, 0.29) is 17.9 Å². The van der Waals surface area contributed by atoms with Gasteiger partial charge >= 0.3 is 0 Å². The summed E-state index contributed by atoms with van der Waals surface area (Å²) >= 11 is 0. The van der Waals surface area contributed by atoms with Gasteiger partial charge < -0.3 is 10.2 Å². The molecule has 0 aromatic heterocycles. The lowest BCUT2D eigenvalue weighted by Gasteiger charge is -2.31. The van der Waals surface area contributed by atoms with Crippen molar-refractivity contribution in [2.75, 3.05) is 23.8 Å². The molecule has 124 valence electrons. The van der Waals surface area contributed by atoms with E-state index in [2.05, 4.69) is 10.2 Å². The standard InChI is InChI=1S/C18H25N3O2/c1-13-11-17(22)19-15-9-5-6-10-16(15)21(13)18(23)12-20(2)14-7-3-4-8-14/h5-6,9-10,13-14H,3-4,7-8,11-12H2,1-2H3,(H,19,22)/t13-/m0/s1. The summed E-state index contributed by atoms with van der Waals surface area (Å²) in [5.41, 5.74) is 1.52. The molecule has 0 saturated heterocycles. The van der Waals surface area contributed by atoms with Crippen molar-refractivity contribution >= 4 is 23.2 Å². The number of fused-ring (bicyclic) bond motifs is 1. The van der Waals surface area contributed by atoms with E-state index < -0.39 is 0 Å². The highest BCUT2D eigenvalue weighted by molar-refractivity contribution is 6.04. The highest BCUT2D eigenvalue weighted by Crippen LogP contribution is 2.31. The van der Waals surface area contributed by atoms with Crippen molar-refractivity contribution in [1.29, 1.82) is 0 Å². The predicted octanol–water partition coefficient (Wildman–Crippen LogP) is 2.62. The van der Waals surface area contributed by atoms with Crippen LogP contribution in [0, 0.1) is 0 Å². The minimum atomic E-state index is -0.136. The van der Waals surface area contributed by atoms with E-state index in [1.807, 2.05) is 38.2 Å². The maximum absolute atomic E-state index is 12.9. The maximum atomic E-state index is 12.9. The quantitative estimate of drug-likeness (QED) is 0.933. The molecule has 1 heterocycles. The monoisotopic (exact) mass is 315 g/mol. The first-order chi connectivity index (χ1) is 11.1. The number of amides is 2. The van der Waals surface area contributed by atoms with Crippen molar-refractivity contribution in [2.24, 2.45) is 0 Å². The number of anilines is 2. The molecule has 0 spiro atoms. The van der Waals surface area contributed by atoms with Crippen molar-refractivity contribution in [2.45, 2.75) is 51.1 Å². The third-order valence-corrected chi connectivity index (χ3v) is 4.96. The van der Waals surface area contributed by atoms with Gasteiger partial charge in [-0.1, -0.05) is 25.0 Å². The predicted molar refractivity (Wildman–Crippen MR) is 91.5 cm³/mol. The van der Waals surface area contributed by atoms with Crippen LogP contribution in [-0.4, -0.2) is 42.4 Å². The zero-order valence-electron chi connectivity index (χ0n) is 13.9. The summed E-state index contributed by atoms with van der Waals surface area (Å²) in [4.78, 5) is 28.9. The summed E-state index contributed by atoms with van der Waals surface area (Å²) < 4.78 is 0. The van der Waals surface area contributed by atoms with Gasteiger partial charge in [0.2, 0.25) is 11.8 Å². The zero-order valence-corrected chi connectivity index (χ0v) is 13.9. The first-order valence-corrected chi connectivity index (χ1v) is 8.47. The van der Waals surface area contributed by atoms with Gasteiger partial charge in [-0.25, -0.2) is 0 Å². The third kappa shape index (κ3) is 3.39. The van der Waals surface area contributed by atoms with Gasteiger partial charge in [-0.3, -0.25) is 14.5 Å². The molecule has 1 N–H and O–H groups in total. The Morgan fingerprint density at radius 1 is 1.30 bits per heavy atom. The van der Waals surface area contributed by atoms with Crippen LogP contribution < -0.4 is 10.2 Å². The van der Waals surface area contributed by atoms with Crippen LogP contribution in [0.4, 0.5) is 11.4 Å². The largest absolute Gasteiger partial charge is 0.324 e. The molecule has 1 aromatic rings. The molecular weight excluding hydrogens is 290 g/mol. The van der Waals surface area contributed by atoms with Crippen LogP contribution >= 0.6 is 0 Å². The molecule has 1 saturated carbocycles. The number of benzene rings is 1. The van der Waals surface area contributed by atoms with Gasteiger partial charge in [-0.15, -0.1) is 0 Å². The van der Waals surface area contributed by atoms with E-state index in [1.54, 1.807) is 4.90 Å². The molecule has 0 unspecified atom stereocenters. The average Bonchev–Trinajstić information content (AvgIpc) is 2.99. The molecule has 2 amide bonds. The number of hydrogen-bond donors (Lipinski definition) is 1. The van der Waals surface area contributed by atoms with E-state index in [0.29, 0.717) is 19.0 Å². The lowest BCUT2D eigenvalue weighted by molar-refractivity contribution is -0.120. The molecule has 23 heavy (non-hydrogen) atoms. The van der Waals surface area contributed by atoms with Crippen LogP contribution in [0.3, 0.4) is 0 Å². The highest BCUT2D eigenvalue weighted by Gasteiger charge is 2.31. The van der Waals surface area contributed by atoms with Gasteiger partial charge in [0.15, 0.2) is 0 Å². The second kappa shape index (κ2) is 6.71. The van der Waals surface area contributed by atoms with Crippen LogP contribution in [0.1, 0.15) is 39.0 Å². The number of hydrogen-bond acceptors (Lipinski definition) is 3. The lowest BCUT2D eigenvalue weighted by Crippen LogP contribution is -2.46. The van der Waals surface area contributed by atoms with Gasteiger partial charge in [0.05, 0.1) is 17.9 Å². The molecule has 1 fully saturated rings. The Morgan fingerprint density at radius 3 is 2.74 bits per heavy atom. The number of nitrogens with zero attached hydrogens (tertiary/aromatic N) is 2. The Hall–Kier alpha value is -1.88. The summed E-state index contributed by atoms with van der Waals surface area (Å²) in [5, 5.41) is 2.90. The Balaban J connectivity index is 1.81. The average molecular weight is 315 g/mol. The summed E-state index contributed by atoms with van der Waals surface area (Å²) in [5.74, 6) is 0.0280. The molecule has 0 radical (unpaired) electrons. The molecule has 1 aliphatic heterocycles. The normalized spacial score (nSPS) is 22.0. The minimum Gasteiger partial charge on any atom is -0.324 e. The van der Waals surface area contributed by atoms with Crippen LogP contribution in [0.15, 0.2) is 24.3 Å². The first kappa shape index (κ1) is 16.0. The molecule has 5 nitrogen and oxygen atoms in total. The van der Waals surface area contributed by atoms with Gasteiger partial charge in [0.25, 0.3) is 0 Å². The highest BCUT2D eigenvalue weighted by atomic mass is 16.2. The van der Waals surface area contributed by atoms with E-state index in [4.69, 9.17) is 0 Å². The summed E-state index contributed by atoms with van der Waals surface area (Å²) in [6.07, 6.45) is 5.19. The summed E-state index contributed by atoms with van der Waals surface area (Å²) in [6, 6.07) is 7.92. The van der Waals surface area contributed by atoms with E-state index >= 15 is 0 Å². The molecule has 1 aliphatic carbocycles. The second-order valence-electron chi connectivity index (χ2n) is 6.74. The van der Waals surface area contributed by atoms with Crippen molar-refractivity contribution in [1.82, 2.24) is 4.90 Å². The SMILES string of the molecule is C[C@H]1CC(=O)Nc2ccccc2N1C(=O)CN(C)C1CCCC1. The maximum Gasteiger partial charge on any atom is 0.241 e. The molecule has 5 heteroatoms. The third-order valence-electron chi connectivity index (χ3n) is 4.96. The second-order valence-corrected chi connectivity index (χ2v) is 6.74. The number of likely N-dealkylation sites (N-methyl/N-ethyl adjacent to an activating group) is 1. The summed E-state index contributed by atoms with van der Waals surface area (Å²) in [7, 11) is 2.03. The molecule has 3 rings (SSSR count). The van der Waals surface area contributed by atoms with E-state index in [9.17, 15) is 9.59 Å². The Bertz CT molecular complexity index is 596. The fraction of sp³-hybridized carbons (Fsp3) is 0.556. The van der Waals surface area contributed by atoms with Crippen LogP contribution in [0.2, 0.25) is 0 Å². The topological polar surface area (TPSA) is 52.7 Å². The van der Waals surface area contributed by atoms with Gasteiger partial charge in [0, 0.05) is 18.5 Å². The first-order valence-electron chi connectivity index (χ1n) is 8.47. The van der Waals surface area contributed by atoms with Crippen molar-refractivity contribution < 1.29 is 9.59 Å². The number of carbonyl (C=O) groups is 2. The summed E-state index contributed by atoms with van der Waals surface area (Å²) in [6.45, 7) is 2.34. The minimum absolute atomic E-state index is 0.0376. The smallest absolute Gasteiger partial charge is 0.241 e. The zero-order chi connectivity index (χ0) is 16.4. The number of nitrogens with one attached hydrogen (secondary N) is 1. The fourth-order valence-corrected chi connectivity index (χ4v) is 3.73. The van der Waals surface area contributed by atoms with Crippen LogP contribution in [-0.2, 0) is 9.59 Å². The molecule has 2 aliphatic rings. The van der Waals surface area contributed by atoms with Gasteiger partial charge in [-0.05, 0) is 38.9 Å². The van der Waals surface area contributed by atoms with Crippen molar-refractivity contribution in [3.05, 3.63) is 24.3 Å². The number of para-hydroxylation sites is 2. The molecule has 1 atom stereocenters. The van der Waals surface area contributed by atoms with Crippen LogP contribution in [0.5, 0.6) is 0 Å². The van der Waals surface area contributed by atoms with Gasteiger partial charge in [-0.2, -0.15) is 0 Å². The number of carbonyl (C=O) groups excluding carboxylic acids is 2. The Kier molecular flexibility index (Phi) is 4.66. The van der Waals surface area contributed by atoms with Gasteiger partial charge in [0.1, 0.15) is 0 Å². The Labute approximate surface area is 137 Å². The van der Waals surface area contributed by atoms with Crippen molar-refractivity contribution in [3.63, 3.8) is 0 Å². The molecule has 0 bridgehead atoms. The fourth-order valence-electron chi connectivity index (χ4n) is 3.73. The molecular formula is C18H25N3O2. The Morgan fingerprint density at radius 2 is 2.00 bits per heavy atom.